The molecule has 1 aromatic rings. The van der Waals surface area contributed by atoms with E-state index in [9.17, 15) is 0 Å². The van der Waals surface area contributed by atoms with Crippen molar-refractivity contribution in [3.8, 4) is 0 Å². The first-order valence-electron chi connectivity index (χ1n) is 14.1. The molecule has 0 saturated carbocycles. The van der Waals surface area contributed by atoms with Gasteiger partial charge in [-0.15, -0.1) is 0 Å². The van der Waals surface area contributed by atoms with E-state index in [0.29, 0.717) is 0 Å². The van der Waals surface area contributed by atoms with Crippen LogP contribution >= 0.6 is 0 Å². The van der Waals surface area contributed by atoms with E-state index in [-0.39, 0.29) is 0 Å². The van der Waals surface area contributed by atoms with Crippen LogP contribution in [0, 0.1) is 0 Å². The Kier molecular flexibility index (Phi) is 20.4. The summed E-state index contributed by atoms with van der Waals surface area (Å²) in [6, 6.07) is 11.0. The fourth-order valence-corrected chi connectivity index (χ4v) is 4.55. The second-order valence-corrected chi connectivity index (χ2v) is 9.77. The van der Waals surface area contributed by atoms with Gasteiger partial charge in [-0.3, -0.25) is 4.90 Å². The maximum Gasteiger partial charge on any atom is 0.0233 e. The summed E-state index contributed by atoms with van der Waals surface area (Å²) < 4.78 is 0. The largest absolute Gasteiger partial charge is 0.299 e. The quantitative estimate of drug-likeness (QED) is 0.156. The maximum absolute atomic E-state index is 2.67. The summed E-state index contributed by atoms with van der Waals surface area (Å²) in [5.74, 6) is 0. The second-order valence-electron chi connectivity index (χ2n) is 9.77. The summed E-state index contributed by atoms with van der Waals surface area (Å²) >= 11 is 0. The molecule has 1 nitrogen and oxygen atoms in total. The molecular weight excluding hydrogens is 374 g/mol. The summed E-state index contributed by atoms with van der Waals surface area (Å²) in [5.41, 5.74) is 1.46. The number of nitrogens with zero attached hydrogens (tertiary/aromatic N) is 1. The zero-order chi connectivity index (χ0) is 22.2. The molecule has 0 fully saturated rings. The van der Waals surface area contributed by atoms with Gasteiger partial charge < -0.3 is 0 Å². The van der Waals surface area contributed by atoms with Gasteiger partial charge in [-0.05, 0) is 31.5 Å². The predicted octanol–water partition coefficient (Wildman–Crippen LogP) is 9.94. The first-order valence-corrected chi connectivity index (χ1v) is 14.1. The van der Waals surface area contributed by atoms with E-state index in [0.717, 1.165) is 6.54 Å². The highest BCUT2D eigenvalue weighted by molar-refractivity contribution is 5.14. The highest BCUT2D eigenvalue weighted by Gasteiger charge is 2.05. The van der Waals surface area contributed by atoms with Crippen LogP contribution in [0.5, 0.6) is 0 Å². The normalized spacial score (nSPS) is 11.5. The molecule has 0 spiro atoms. The summed E-state index contributed by atoms with van der Waals surface area (Å²) in [6.45, 7) is 8.25. The Hall–Kier alpha value is -0.820. The first-order chi connectivity index (χ1) is 15.4. The molecule has 0 atom stereocenters. The van der Waals surface area contributed by atoms with Gasteiger partial charge in [0.25, 0.3) is 0 Å². The SMILES string of the molecule is CCCCCCCCCCCCCCCCCCCN(CCCC)Cc1ccccc1. The second kappa shape index (κ2) is 22.4. The monoisotopic (exact) mass is 429 g/mol. The van der Waals surface area contributed by atoms with Gasteiger partial charge in [0.2, 0.25) is 0 Å². The third kappa shape index (κ3) is 18.5. The molecule has 0 amide bonds. The molecule has 0 radical (unpaired) electrons. The zero-order valence-corrected chi connectivity index (χ0v) is 21.4. The Morgan fingerprint density at radius 3 is 1.29 bits per heavy atom. The van der Waals surface area contributed by atoms with Gasteiger partial charge in [0.1, 0.15) is 0 Å². The van der Waals surface area contributed by atoms with Crippen molar-refractivity contribution in [2.75, 3.05) is 13.1 Å². The third-order valence-corrected chi connectivity index (χ3v) is 6.65. The summed E-state index contributed by atoms with van der Waals surface area (Å²) in [4.78, 5) is 2.67. The predicted molar refractivity (Wildman–Crippen MR) is 141 cm³/mol. The van der Waals surface area contributed by atoms with Crippen LogP contribution in [0.1, 0.15) is 141 Å². The number of rotatable bonds is 23. The van der Waals surface area contributed by atoms with E-state index in [4.69, 9.17) is 0 Å². The fourth-order valence-electron chi connectivity index (χ4n) is 4.55. The van der Waals surface area contributed by atoms with E-state index in [1.54, 1.807) is 0 Å². The van der Waals surface area contributed by atoms with E-state index in [1.807, 2.05) is 0 Å². The van der Waals surface area contributed by atoms with Gasteiger partial charge in [0.15, 0.2) is 0 Å². The van der Waals surface area contributed by atoms with Gasteiger partial charge in [-0.2, -0.15) is 0 Å². The Balaban J connectivity index is 1.88. The number of unbranched alkanes of at least 4 members (excludes halogenated alkanes) is 17. The van der Waals surface area contributed by atoms with E-state index >= 15 is 0 Å². The molecule has 31 heavy (non-hydrogen) atoms. The van der Waals surface area contributed by atoms with Crippen molar-refractivity contribution < 1.29 is 0 Å². The molecule has 1 rings (SSSR count). The minimum absolute atomic E-state index is 1.12. The lowest BCUT2D eigenvalue weighted by Gasteiger charge is -2.22. The molecule has 0 aliphatic rings. The summed E-state index contributed by atoms with van der Waals surface area (Å²) in [7, 11) is 0. The highest BCUT2D eigenvalue weighted by Crippen LogP contribution is 2.14. The maximum atomic E-state index is 2.67. The summed E-state index contributed by atoms with van der Waals surface area (Å²) in [6.07, 6.45) is 27.3. The van der Waals surface area contributed by atoms with Crippen molar-refractivity contribution in [1.82, 2.24) is 4.90 Å². The van der Waals surface area contributed by atoms with Crippen molar-refractivity contribution >= 4 is 0 Å². The van der Waals surface area contributed by atoms with Crippen LogP contribution in [0.25, 0.3) is 0 Å². The van der Waals surface area contributed by atoms with Crippen LogP contribution < -0.4 is 0 Å². The molecule has 0 aliphatic heterocycles. The fraction of sp³-hybridized carbons (Fsp3) is 0.800. The minimum Gasteiger partial charge on any atom is -0.299 e. The highest BCUT2D eigenvalue weighted by atomic mass is 15.1. The van der Waals surface area contributed by atoms with Crippen LogP contribution in [-0.4, -0.2) is 18.0 Å². The number of hydrogen-bond donors (Lipinski definition) is 0. The molecule has 0 unspecified atom stereocenters. The molecule has 0 saturated heterocycles. The van der Waals surface area contributed by atoms with Crippen LogP contribution in [0.2, 0.25) is 0 Å². The molecule has 0 bridgehead atoms. The molecule has 0 aromatic heterocycles. The molecule has 0 heterocycles. The van der Waals surface area contributed by atoms with Crippen molar-refractivity contribution in [2.45, 2.75) is 142 Å². The molecule has 0 N–H and O–H groups in total. The van der Waals surface area contributed by atoms with Crippen LogP contribution in [0.3, 0.4) is 0 Å². The Morgan fingerprint density at radius 2 is 0.839 bits per heavy atom. The third-order valence-electron chi connectivity index (χ3n) is 6.65. The lowest BCUT2D eigenvalue weighted by atomic mass is 10.0. The molecule has 180 valence electrons. The minimum atomic E-state index is 1.12. The van der Waals surface area contributed by atoms with Gasteiger partial charge >= 0.3 is 0 Å². The number of benzene rings is 1. The van der Waals surface area contributed by atoms with Gasteiger partial charge in [0.05, 0.1) is 0 Å². The molecular formula is C30H55N. The lowest BCUT2D eigenvalue weighted by molar-refractivity contribution is 0.254. The van der Waals surface area contributed by atoms with Gasteiger partial charge in [-0.25, -0.2) is 0 Å². The first kappa shape index (κ1) is 28.2. The Bertz CT molecular complexity index is 455. The van der Waals surface area contributed by atoms with E-state index < -0.39 is 0 Å². The molecule has 1 aromatic carbocycles. The Morgan fingerprint density at radius 1 is 0.452 bits per heavy atom. The van der Waals surface area contributed by atoms with Crippen LogP contribution in [0.15, 0.2) is 30.3 Å². The topological polar surface area (TPSA) is 3.24 Å². The average Bonchev–Trinajstić information content (AvgIpc) is 2.80. The smallest absolute Gasteiger partial charge is 0.0233 e. The lowest BCUT2D eigenvalue weighted by Crippen LogP contribution is -2.25. The summed E-state index contributed by atoms with van der Waals surface area (Å²) in [5, 5.41) is 0. The van der Waals surface area contributed by atoms with Crippen molar-refractivity contribution in [1.29, 1.82) is 0 Å². The van der Waals surface area contributed by atoms with Gasteiger partial charge in [-0.1, -0.05) is 153 Å². The molecule has 0 aliphatic carbocycles. The van der Waals surface area contributed by atoms with Crippen molar-refractivity contribution in [3.63, 3.8) is 0 Å². The average molecular weight is 430 g/mol. The number of hydrogen-bond acceptors (Lipinski definition) is 1. The van der Waals surface area contributed by atoms with E-state index in [1.165, 1.54) is 141 Å². The van der Waals surface area contributed by atoms with Crippen LogP contribution in [-0.2, 0) is 6.54 Å². The van der Waals surface area contributed by atoms with Crippen LogP contribution in [0.4, 0.5) is 0 Å². The Labute approximate surface area is 196 Å². The van der Waals surface area contributed by atoms with E-state index in [2.05, 4.69) is 49.1 Å². The van der Waals surface area contributed by atoms with Gasteiger partial charge in [0, 0.05) is 6.54 Å². The standard InChI is InChI=1S/C30H55N/c1-3-5-7-8-9-10-11-12-13-14-15-16-17-18-19-20-24-28-31(27-6-4-2)29-30-25-22-21-23-26-30/h21-23,25-26H,3-20,24,27-29H2,1-2H3. The van der Waals surface area contributed by atoms with Crippen molar-refractivity contribution in [2.24, 2.45) is 0 Å². The van der Waals surface area contributed by atoms with Crippen molar-refractivity contribution in [3.05, 3.63) is 35.9 Å². The molecule has 1 heteroatoms. The zero-order valence-electron chi connectivity index (χ0n) is 21.4.